The smallest absolute Gasteiger partial charge is 0.416 e. The van der Waals surface area contributed by atoms with E-state index in [9.17, 15) is 18.0 Å². The molecule has 3 nitrogen and oxygen atoms in total. The molecular weight excluding hydrogens is 307 g/mol. The first-order valence-corrected chi connectivity index (χ1v) is 7.02. The number of nitrogens with zero attached hydrogens (tertiary/aromatic N) is 1. The van der Waals surface area contributed by atoms with E-state index in [1.807, 2.05) is 0 Å². The number of rotatable bonds is 2. The summed E-state index contributed by atoms with van der Waals surface area (Å²) in [5, 5.41) is -0.0335. The topological polar surface area (TPSA) is 29.5 Å². The first-order chi connectivity index (χ1) is 9.86. The first-order valence-electron chi connectivity index (χ1n) is 6.64. The lowest BCUT2D eigenvalue weighted by Gasteiger charge is -2.25. The molecule has 1 fully saturated rings. The molecule has 0 radical (unpaired) electrons. The van der Waals surface area contributed by atoms with Crippen LogP contribution in [0.3, 0.4) is 0 Å². The van der Waals surface area contributed by atoms with Crippen LogP contribution in [0.25, 0.3) is 0 Å². The molecule has 1 aliphatic rings. The van der Waals surface area contributed by atoms with E-state index in [1.165, 1.54) is 6.07 Å². The van der Waals surface area contributed by atoms with Crippen molar-refractivity contribution in [2.24, 2.45) is 0 Å². The Labute approximate surface area is 125 Å². The van der Waals surface area contributed by atoms with Crippen LogP contribution in [0, 0.1) is 0 Å². The molecule has 1 amide bonds. The van der Waals surface area contributed by atoms with Crippen LogP contribution < -0.4 is 0 Å². The molecule has 116 valence electrons. The van der Waals surface area contributed by atoms with Crippen LogP contribution in [0.5, 0.6) is 0 Å². The van der Waals surface area contributed by atoms with Gasteiger partial charge in [-0.2, -0.15) is 13.2 Å². The van der Waals surface area contributed by atoms with Gasteiger partial charge in [0, 0.05) is 18.1 Å². The minimum atomic E-state index is -4.48. The molecule has 7 heteroatoms. The van der Waals surface area contributed by atoms with E-state index in [-0.39, 0.29) is 17.2 Å². The zero-order valence-electron chi connectivity index (χ0n) is 11.3. The number of hydrogen-bond donors (Lipinski definition) is 0. The predicted octanol–water partition coefficient (Wildman–Crippen LogP) is 4.48. The monoisotopic (exact) mass is 321 g/mol. The van der Waals surface area contributed by atoms with Crippen LogP contribution in [-0.4, -0.2) is 24.1 Å². The Morgan fingerprint density at radius 2 is 1.86 bits per heavy atom. The van der Waals surface area contributed by atoms with Crippen molar-refractivity contribution in [1.82, 2.24) is 4.90 Å². The van der Waals surface area contributed by atoms with E-state index in [0.29, 0.717) is 13.1 Å². The van der Waals surface area contributed by atoms with Crippen LogP contribution in [0.15, 0.2) is 18.2 Å². The van der Waals surface area contributed by atoms with E-state index in [0.717, 1.165) is 31.4 Å². The van der Waals surface area contributed by atoms with E-state index in [4.69, 9.17) is 16.3 Å². The van der Waals surface area contributed by atoms with Crippen LogP contribution in [-0.2, 0) is 17.5 Å². The van der Waals surface area contributed by atoms with Crippen LogP contribution in [0.2, 0.25) is 5.02 Å². The van der Waals surface area contributed by atoms with Crippen molar-refractivity contribution in [3.63, 3.8) is 0 Å². The van der Waals surface area contributed by atoms with E-state index in [2.05, 4.69) is 0 Å². The van der Waals surface area contributed by atoms with Gasteiger partial charge >= 0.3 is 12.3 Å². The van der Waals surface area contributed by atoms with Gasteiger partial charge < -0.3 is 9.64 Å². The highest BCUT2D eigenvalue weighted by Crippen LogP contribution is 2.32. The third-order valence-corrected chi connectivity index (χ3v) is 3.48. The molecule has 1 saturated heterocycles. The number of alkyl halides is 3. The van der Waals surface area contributed by atoms with Gasteiger partial charge in [-0.15, -0.1) is 0 Å². The highest BCUT2D eigenvalue weighted by molar-refractivity contribution is 6.30. The standard InChI is InChI=1S/C14H15ClF3NO2/c15-12-7-10(6-11(8-12)14(16,17)18)9-21-13(20)19-4-2-1-3-5-19/h6-8H,1-5,9H2. The summed E-state index contributed by atoms with van der Waals surface area (Å²) in [6.07, 6.45) is -2.05. The number of carbonyl (C=O) groups is 1. The highest BCUT2D eigenvalue weighted by atomic mass is 35.5. The summed E-state index contributed by atoms with van der Waals surface area (Å²) < 4.78 is 43.0. The maximum Gasteiger partial charge on any atom is 0.416 e. The second-order valence-electron chi connectivity index (χ2n) is 4.95. The maximum atomic E-state index is 12.7. The minimum absolute atomic E-state index is 0.0335. The number of piperidine rings is 1. The Balaban J connectivity index is 1.99. The lowest BCUT2D eigenvalue weighted by Crippen LogP contribution is -2.35. The van der Waals surface area contributed by atoms with Gasteiger partial charge in [0.2, 0.25) is 0 Å². The number of amides is 1. The van der Waals surface area contributed by atoms with Gasteiger partial charge in [0.15, 0.2) is 0 Å². The molecule has 0 bridgehead atoms. The first kappa shape index (κ1) is 15.9. The normalized spacial score (nSPS) is 15.9. The zero-order chi connectivity index (χ0) is 15.5. The summed E-state index contributed by atoms with van der Waals surface area (Å²) >= 11 is 5.67. The number of benzene rings is 1. The molecular formula is C14H15ClF3NO2. The third kappa shape index (κ3) is 4.52. The molecule has 0 N–H and O–H groups in total. The average Bonchev–Trinajstić information content (AvgIpc) is 2.44. The largest absolute Gasteiger partial charge is 0.445 e. The van der Waals surface area contributed by atoms with Crippen LogP contribution in [0.1, 0.15) is 30.4 Å². The minimum Gasteiger partial charge on any atom is -0.445 e. The Kier molecular flexibility index (Phi) is 4.98. The Bertz CT molecular complexity index is 513. The number of ether oxygens (including phenoxy) is 1. The molecule has 1 aromatic carbocycles. The summed E-state index contributed by atoms with van der Waals surface area (Å²) in [6, 6.07) is 3.15. The van der Waals surface area contributed by atoms with Crippen molar-refractivity contribution < 1.29 is 22.7 Å². The van der Waals surface area contributed by atoms with Crippen molar-refractivity contribution in [3.8, 4) is 0 Å². The number of halogens is 4. The summed E-state index contributed by atoms with van der Waals surface area (Å²) in [6.45, 7) is 1.03. The second kappa shape index (κ2) is 6.56. The number of carbonyl (C=O) groups excluding carboxylic acids is 1. The Morgan fingerprint density at radius 1 is 1.19 bits per heavy atom. The lowest BCUT2D eigenvalue weighted by atomic mass is 10.1. The summed E-state index contributed by atoms with van der Waals surface area (Å²) in [5.41, 5.74) is -0.626. The quantitative estimate of drug-likeness (QED) is 0.803. The van der Waals surface area contributed by atoms with Crippen molar-refractivity contribution in [2.45, 2.75) is 32.0 Å². The van der Waals surface area contributed by atoms with Crippen molar-refractivity contribution in [1.29, 1.82) is 0 Å². The third-order valence-electron chi connectivity index (χ3n) is 3.26. The SMILES string of the molecule is O=C(OCc1cc(Cl)cc(C(F)(F)F)c1)N1CCCCC1. The van der Waals surface area contributed by atoms with E-state index in [1.54, 1.807) is 4.90 Å². The fourth-order valence-electron chi connectivity index (χ4n) is 2.21. The highest BCUT2D eigenvalue weighted by Gasteiger charge is 2.31. The summed E-state index contributed by atoms with van der Waals surface area (Å²) in [4.78, 5) is 13.4. The zero-order valence-corrected chi connectivity index (χ0v) is 12.0. The Morgan fingerprint density at radius 3 is 2.48 bits per heavy atom. The molecule has 1 heterocycles. The van der Waals surface area contributed by atoms with Gasteiger partial charge in [-0.1, -0.05) is 11.6 Å². The van der Waals surface area contributed by atoms with Gasteiger partial charge in [-0.3, -0.25) is 0 Å². The molecule has 1 aromatic rings. The Hall–Kier alpha value is -1.43. The average molecular weight is 322 g/mol. The second-order valence-corrected chi connectivity index (χ2v) is 5.38. The lowest BCUT2D eigenvalue weighted by molar-refractivity contribution is -0.137. The maximum absolute atomic E-state index is 12.7. The van der Waals surface area contributed by atoms with Gasteiger partial charge in [0.05, 0.1) is 5.56 Å². The fourth-order valence-corrected chi connectivity index (χ4v) is 2.47. The molecule has 0 unspecified atom stereocenters. The molecule has 1 aliphatic heterocycles. The summed E-state index contributed by atoms with van der Waals surface area (Å²) in [7, 11) is 0. The van der Waals surface area contributed by atoms with Crippen LogP contribution in [0.4, 0.5) is 18.0 Å². The molecule has 0 saturated carbocycles. The van der Waals surface area contributed by atoms with Gasteiger partial charge in [-0.25, -0.2) is 4.79 Å². The van der Waals surface area contributed by atoms with Crippen molar-refractivity contribution in [2.75, 3.05) is 13.1 Å². The van der Waals surface area contributed by atoms with E-state index < -0.39 is 17.8 Å². The molecule has 0 aromatic heterocycles. The predicted molar refractivity (Wildman–Crippen MR) is 72.1 cm³/mol. The summed E-state index contributed by atoms with van der Waals surface area (Å²) in [5.74, 6) is 0. The molecule has 2 rings (SSSR count). The molecule has 0 spiro atoms. The molecule has 21 heavy (non-hydrogen) atoms. The molecule has 0 atom stereocenters. The van der Waals surface area contributed by atoms with E-state index >= 15 is 0 Å². The number of likely N-dealkylation sites (tertiary alicyclic amines) is 1. The van der Waals surface area contributed by atoms with Crippen LogP contribution >= 0.6 is 11.6 Å². The number of hydrogen-bond acceptors (Lipinski definition) is 2. The van der Waals surface area contributed by atoms with Gasteiger partial charge in [0.25, 0.3) is 0 Å². The van der Waals surface area contributed by atoms with Crippen molar-refractivity contribution >= 4 is 17.7 Å². The van der Waals surface area contributed by atoms with Gasteiger partial charge in [-0.05, 0) is 43.0 Å². The van der Waals surface area contributed by atoms with Gasteiger partial charge in [0.1, 0.15) is 6.61 Å². The molecule has 0 aliphatic carbocycles. The van der Waals surface area contributed by atoms with Crippen molar-refractivity contribution in [3.05, 3.63) is 34.3 Å². The fraction of sp³-hybridized carbons (Fsp3) is 0.500.